The van der Waals surface area contributed by atoms with E-state index in [1.807, 2.05) is 0 Å². The van der Waals surface area contributed by atoms with E-state index < -0.39 is 47.7 Å². The molecular formula is C8F15LiO2. The van der Waals surface area contributed by atoms with Crippen molar-refractivity contribution in [2.75, 3.05) is 0 Å². The van der Waals surface area contributed by atoms with Crippen molar-refractivity contribution in [2.45, 2.75) is 41.7 Å². The Kier molecular flexibility index (Phi) is 6.88. The third-order valence-corrected chi connectivity index (χ3v) is 2.58. The van der Waals surface area contributed by atoms with E-state index in [-0.39, 0.29) is 18.9 Å². The molecule has 0 fully saturated rings. The summed E-state index contributed by atoms with van der Waals surface area (Å²) in [6.07, 6.45) is -7.71. The molecule has 0 aliphatic carbocycles. The smallest absolute Gasteiger partial charge is 0.544 e. The quantitative estimate of drug-likeness (QED) is 0.453. The molecule has 0 aliphatic rings. The van der Waals surface area contributed by atoms with E-state index >= 15 is 0 Å². The second-order valence-corrected chi connectivity index (χ2v) is 4.23. The van der Waals surface area contributed by atoms with Crippen LogP contribution in [0.1, 0.15) is 0 Å². The van der Waals surface area contributed by atoms with Crippen LogP contribution in [0.25, 0.3) is 0 Å². The second-order valence-electron chi connectivity index (χ2n) is 4.23. The van der Waals surface area contributed by atoms with Crippen LogP contribution in [0, 0.1) is 0 Å². The van der Waals surface area contributed by atoms with Gasteiger partial charge in [-0.25, -0.2) is 0 Å². The number of hydrogen-bond acceptors (Lipinski definition) is 2. The largest absolute Gasteiger partial charge is 1.00 e. The van der Waals surface area contributed by atoms with Crippen LogP contribution >= 0.6 is 0 Å². The first kappa shape index (κ1) is 27.2. The van der Waals surface area contributed by atoms with E-state index in [2.05, 4.69) is 0 Å². The molecule has 0 N–H and O–H groups in total. The van der Waals surface area contributed by atoms with Crippen molar-refractivity contribution >= 4 is 5.97 Å². The maximum atomic E-state index is 12.8. The molecule has 0 amide bonds. The zero-order chi connectivity index (χ0) is 21.1. The Morgan fingerprint density at radius 1 is 0.500 bits per heavy atom. The summed E-state index contributed by atoms with van der Waals surface area (Å²) in [5, 5.41) is 9.61. The van der Waals surface area contributed by atoms with Crippen LogP contribution in [0.2, 0.25) is 0 Å². The predicted molar refractivity (Wildman–Crippen MR) is 40.7 cm³/mol. The van der Waals surface area contributed by atoms with Crippen molar-refractivity contribution in [1.29, 1.82) is 0 Å². The third-order valence-electron chi connectivity index (χ3n) is 2.58. The Morgan fingerprint density at radius 2 is 0.731 bits per heavy atom. The van der Waals surface area contributed by atoms with Crippen LogP contribution in [-0.2, 0) is 4.79 Å². The summed E-state index contributed by atoms with van der Waals surface area (Å²) in [6.45, 7) is 0. The molecule has 0 aromatic rings. The average Bonchev–Trinajstić information content (AvgIpc) is 2.35. The number of hydrogen-bond donors (Lipinski definition) is 0. The monoisotopic (exact) mass is 420 g/mol. The number of carboxylic acids is 1. The van der Waals surface area contributed by atoms with Crippen molar-refractivity contribution in [3.63, 3.8) is 0 Å². The molecule has 0 aromatic heterocycles. The number of carbonyl (C=O) groups is 1. The minimum Gasteiger partial charge on any atom is -0.544 e. The summed E-state index contributed by atoms with van der Waals surface area (Å²) >= 11 is 0. The molecular weight excluding hydrogens is 420 g/mol. The standard InChI is InChI=1S/C8HF15O2.Li/c9-2(10,1(24)25)3(11,12)4(13,14)5(15,16)6(17,18)7(19,20)8(21,22)23;/h(H,24,25);/q;+1/p-1. The van der Waals surface area contributed by atoms with Gasteiger partial charge in [0, 0.05) is 0 Å². The fraction of sp³-hybridized carbons (Fsp3) is 0.875. The van der Waals surface area contributed by atoms with E-state index in [4.69, 9.17) is 0 Å². The van der Waals surface area contributed by atoms with Gasteiger partial charge in [-0.05, 0) is 0 Å². The summed E-state index contributed by atoms with van der Waals surface area (Å²) < 4.78 is 186. The summed E-state index contributed by atoms with van der Waals surface area (Å²) in [5.74, 6) is -53.3. The van der Waals surface area contributed by atoms with E-state index in [1.165, 1.54) is 0 Å². The van der Waals surface area contributed by atoms with Gasteiger partial charge in [0.1, 0.15) is 5.97 Å². The first-order valence-corrected chi connectivity index (χ1v) is 4.99. The van der Waals surface area contributed by atoms with Crippen LogP contribution in [0.15, 0.2) is 0 Å². The first-order valence-electron chi connectivity index (χ1n) is 4.99. The van der Waals surface area contributed by atoms with Gasteiger partial charge in [-0.3, -0.25) is 0 Å². The SMILES string of the molecule is O=C([O-])C(F)(F)C(F)(F)C(F)(F)C(F)(F)C(F)(F)C(F)(F)C(F)(F)F.[Li+]. The molecule has 2 nitrogen and oxygen atoms in total. The number of aliphatic carboxylic acids is 1. The molecule has 0 aliphatic heterocycles. The predicted octanol–water partition coefficient (Wildman–Crippen LogP) is 0.114. The maximum absolute atomic E-state index is 12.8. The zero-order valence-corrected chi connectivity index (χ0v) is 11.5. The van der Waals surface area contributed by atoms with Crippen LogP contribution in [0.5, 0.6) is 0 Å². The number of carboxylic acid groups (broad SMARTS) is 1. The summed E-state index contributed by atoms with van der Waals surface area (Å²) in [6, 6.07) is 0. The second kappa shape index (κ2) is 6.57. The van der Waals surface area contributed by atoms with Gasteiger partial charge in [-0.15, -0.1) is 0 Å². The molecule has 0 radical (unpaired) electrons. The van der Waals surface area contributed by atoms with E-state index in [1.54, 1.807) is 0 Å². The molecule has 0 atom stereocenters. The topological polar surface area (TPSA) is 40.1 Å². The van der Waals surface area contributed by atoms with Crippen molar-refractivity contribution in [3.05, 3.63) is 0 Å². The van der Waals surface area contributed by atoms with Crippen LogP contribution in [0.4, 0.5) is 65.9 Å². The van der Waals surface area contributed by atoms with Crippen LogP contribution < -0.4 is 24.0 Å². The molecule has 0 spiro atoms. The number of carbonyl (C=O) groups excluding carboxylic acids is 1. The van der Waals surface area contributed by atoms with Crippen molar-refractivity contribution in [2.24, 2.45) is 0 Å². The van der Waals surface area contributed by atoms with Crippen LogP contribution in [-0.4, -0.2) is 47.7 Å². The fourth-order valence-electron chi connectivity index (χ4n) is 1.09. The molecule has 18 heteroatoms. The molecule has 0 bridgehead atoms. The molecule has 0 saturated carbocycles. The summed E-state index contributed by atoms with van der Waals surface area (Å²) in [5.41, 5.74) is 0. The van der Waals surface area contributed by atoms with Gasteiger partial charge in [0.2, 0.25) is 0 Å². The van der Waals surface area contributed by atoms with E-state index in [9.17, 15) is 75.8 Å². The first-order chi connectivity index (χ1) is 10.4. The van der Waals surface area contributed by atoms with Gasteiger partial charge in [0.15, 0.2) is 0 Å². The number of halogens is 15. The zero-order valence-electron chi connectivity index (χ0n) is 11.5. The Labute approximate surface area is 143 Å². The molecule has 26 heavy (non-hydrogen) atoms. The number of alkyl halides is 15. The fourth-order valence-corrected chi connectivity index (χ4v) is 1.09. The van der Waals surface area contributed by atoms with E-state index in [0.717, 1.165) is 0 Å². The number of rotatable bonds is 6. The molecule has 0 heterocycles. The normalized spacial score (nSPS) is 15.5. The van der Waals surface area contributed by atoms with Gasteiger partial charge >= 0.3 is 60.6 Å². The minimum absolute atomic E-state index is 0. The van der Waals surface area contributed by atoms with Gasteiger partial charge in [0.05, 0.1) is 0 Å². The minimum atomic E-state index is -8.50. The van der Waals surface area contributed by atoms with E-state index in [0.29, 0.717) is 0 Å². The molecule has 0 aromatic carbocycles. The Hall–Kier alpha value is -0.983. The van der Waals surface area contributed by atoms with Gasteiger partial charge in [-0.2, -0.15) is 65.9 Å². The molecule has 0 rings (SSSR count). The third kappa shape index (κ3) is 3.20. The van der Waals surface area contributed by atoms with Gasteiger partial charge in [-0.1, -0.05) is 0 Å². The molecule has 0 saturated heterocycles. The maximum Gasteiger partial charge on any atom is 1.00 e. The summed E-state index contributed by atoms with van der Waals surface area (Å²) in [4.78, 5) is 9.61. The van der Waals surface area contributed by atoms with Crippen molar-refractivity contribution in [1.82, 2.24) is 0 Å². The molecule has 0 unspecified atom stereocenters. The van der Waals surface area contributed by atoms with Crippen LogP contribution in [0.3, 0.4) is 0 Å². The Balaban J connectivity index is 0. The van der Waals surface area contributed by atoms with Crippen molar-refractivity contribution in [3.8, 4) is 0 Å². The molecule has 150 valence electrons. The van der Waals surface area contributed by atoms with Gasteiger partial charge < -0.3 is 9.90 Å². The van der Waals surface area contributed by atoms with Gasteiger partial charge in [0.25, 0.3) is 0 Å². The Morgan fingerprint density at radius 3 is 0.962 bits per heavy atom. The summed E-state index contributed by atoms with van der Waals surface area (Å²) in [7, 11) is 0. The van der Waals surface area contributed by atoms with Crippen molar-refractivity contribution < 1.29 is 94.6 Å². The average molecular weight is 420 g/mol. The Bertz CT molecular complexity index is 536.